The molecule has 4 nitrogen and oxygen atoms in total. The van der Waals surface area contributed by atoms with Crippen LogP contribution < -0.4 is 0 Å². The van der Waals surface area contributed by atoms with E-state index in [1.807, 2.05) is 0 Å². The van der Waals surface area contributed by atoms with Gasteiger partial charge in [-0.1, -0.05) is 0 Å². The molecule has 12 heavy (non-hydrogen) atoms. The van der Waals surface area contributed by atoms with Gasteiger partial charge in [-0.15, -0.1) is 0 Å². The highest BCUT2D eigenvalue weighted by Gasteiger charge is 2.03. The molecule has 0 unspecified atom stereocenters. The minimum atomic E-state index is -0.201. The second-order valence-electron chi connectivity index (χ2n) is 1.82. The van der Waals surface area contributed by atoms with Crippen molar-refractivity contribution in [3.8, 4) is 18.2 Å². The van der Waals surface area contributed by atoms with Gasteiger partial charge in [0, 0.05) is 5.57 Å². The van der Waals surface area contributed by atoms with Crippen molar-refractivity contribution in [2.45, 2.75) is 6.92 Å². The SMILES string of the molecule is CC(C(=C=[N-])C#N)=C(C#N)C#N. The monoisotopic (exact) mass is 155 g/mol. The Hall–Kier alpha value is -2.34. The molecule has 0 aliphatic carbocycles. The van der Waals surface area contributed by atoms with Crippen LogP contribution in [0.5, 0.6) is 0 Å². The van der Waals surface area contributed by atoms with Crippen molar-refractivity contribution in [1.82, 2.24) is 0 Å². The van der Waals surface area contributed by atoms with Gasteiger partial charge in [0.2, 0.25) is 0 Å². The highest BCUT2D eigenvalue weighted by atomic mass is 14.3. The van der Waals surface area contributed by atoms with Gasteiger partial charge in [-0.3, -0.25) is 5.87 Å². The first-order valence-electron chi connectivity index (χ1n) is 2.89. The minimum absolute atomic E-state index is 0.130. The molecular formula is C8H3N4-. The summed E-state index contributed by atoms with van der Waals surface area (Å²) in [5.74, 6) is 1.60. The Balaban J connectivity index is 5.40. The fraction of sp³-hybridized carbons (Fsp3) is 0.125. The summed E-state index contributed by atoms with van der Waals surface area (Å²) in [6.07, 6.45) is 0. The van der Waals surface area contributed by atoms with E-state index in [9.17, 15) is 0 Å². The first kappa shape index (κ1) is 9.66. The quantitative estimate of drug-likeness (QED) is 0.321. The van der Waals surface area contributed by atoms with Gasteiger partial charge in [0.15, 0.2) is 0 Å². The van der Waals surface area contributed by atoms with Gasteiger partial charge in [0.05, 0.1) is 5.57 Å². The van der Waals surface area contributed by atoms with Crippen molar-refractivity contribution >= 4 is 5.87 Å². The fourth-order valence-corrected chi connectivity index (χ4v) is 0.510. The van der Waals surface area contributed by atoms with Crippen LogP contribution >= 0.6 is 0 Å². The zero-order chi connectivity index (χ0) is 9.56. The summed E-state index contributed by atoms with van der Waals surface area (Å²) in [5.41, 5.74) is -0.272. The molecule has 0 aliphatic heterocycles. The van der Waals surface area contributed by atoms with Crippen LogP contribution in [0.15, 0.2) is 16.7 Å². The maximum atomic E-state index is 8.37. The minimum Gasteiger partial charge on any atom is -0.762 e. The highest BCUT2D eigenvalue weighted by molar-refractivity contribution is 5.74. The smallest absolute Gasteiger partial charge is 0.134 e. The lowest BCUT2D eigenvalue weighted by Gasteiger charge is -1.94. The average Bonchev–Trinajstić information content (AvgIpc) is 2.09. The topological polar surface area (TPSA) is 93.7 Å². The van der Waals surface area contributed by atoms with Crippen LogP contribution in [-0.4, -0.2) is 5.87 Å². The standard InChI is InChI=1S/C8H3N4/c1-6(7(2-9)3-10)8(4-11)5-12/h1H3/q-1. The first-order chi connectivity index (χ1) is 5.71. The van der Waals surface area contributed by atoms with Crippen LogP contribution in [-0.2, 0) is 0 Å². The van der Waals surface area contributed by atoms with Crippen LogP contribution in [0, 0.1) is 34.0 Å². The Morgan fingerprint density at radius 2 is 1.58 bits per heavy atom. The van der Waals surface area contributed by atoms with Gasteiger partial charge in [-0.2, -0.15) is 15.8 Å². The second kappa shape index (κ2) is 4.47. The van der Waals surface area contributed by atoms with Gasteiger partial charge in [0.1, 0.15) is 23.8 Å². The molecule has 0 atom stereocenters. The van der Waals surface area contributed by atoms with E-state index in [-0.39, 0.29) is 16.7 Å². The molecule has 0 N–H and O–H groups in total. The van der Waals surface area contributed by atoms with E-state index in [1.165, 1.54) is 6.92 Å². The third-order valence-corrected chi connectivity index (χ3v) is 1.20. The predicted molar refractivity (Wildman–Crippen MR) is 41.4 cm³/mol. The maximum absolute atomic E-state index is 8.37. The lowest BCUT2D eigenvalue weighted by atomic mass is 10.1. The van der Waals surface area contributed by atoms with Gasteiger partial charge >= 0.3 is 0 Å². The van der Waals surface area contributed by atoms with Crippen LogP contribution in [0.2, 0.25) is 0 Å². The van der Waals surface area contributed by atoms with Crippen LogP contribution in [0.25, 0.3) is 5.41 Å². The third kappa shape index (κ3) is 1.82. The van der Waals surface area contributed by atoms with Crippen molar-refractivity contribution in [2.24, 2.45) is 0 Å². The Kier molecular flexibility index (Phi) is 3.60. The van der Waals surface area contributed by atoms with E-state index < -0.39 is 0 Å². The summed E-state index contributed by atoms with van der Waals surface area (Å²) in [5, 5.41) is 33.5. The number of nitrogens with zero attached hydrogens (tertiary/aromatic N) is 4. The van der Waals surface area contributed by atoms with Crippen molar-refractivity contribution in [1.29, 1.82) is 15.8 Å². The molecule has 0 saturated carbocycles. The van der Waals surface area contributed by atoms with E-state index in [4.69, 9.17) is 21.2 Å². The molecule has 0 aromatic heterocycles. The summed E-state index contributed by atoms with van der Waals surface area (Å²) < 4.78 is 0. The number of hydrogen-bond acceptors (Lipinski definition) is 3. The number of allylic oxidation sites excluding steroid dienone is 3. The molecule has 0 amide bonds. The van der Waals surface area contributed by atoms with E-state index in [1.54, 1.807) is 24.1 Å². The summed E-state index contributed by atoms with van der Waals surface area (Å²) in [6.45, 7) is 1.39. The Labute approximate surface area is 69.8 Å². The molecule has 0 heterocycles. The van der Waals surface area contributed by atoms with Crippen LogP contribution in [0.1, 0.15) is 6.92 Å². The molecule has 0 aliphatic rings. The zero-order valence-electron chi connectivity index (χ0n) is 6.29. The Bertz CT molecular complexity index is 372. The van der Waals surface area contributed by atoms with E-state index in [0.29, 0.717) is 0 Å². The van der Waals surface area contributed by atoms with Crippen molar-refractivity contribution in [2.75, 3.05) is 0 Å². The molecular weight excluding hydrogens is 152 g/mol. The van der Waals surface area contributed by atoms with E-state index in [2.05, 4.69) is 0 Å². The first-order valence-corrected chi connectivity index (χ1v) is 2.89. The Morgan fingerprint density at radius 3 is 1.83 bits per heavy atom. The molecule has 56 valence electrons. The molecule has 4 heteroatoms. The summed E-state index contributed by atoms with van der Waals surface area (Å²) in [6, 6.07) is 4.79. The largest absolute Gasteiger partial charge is 0.762 e. The normalized spacial score (nSPS) is 6.50. The molecule has 0 radical (unpaired) electrons. The van der Waals surface area contributed by atoms with Crippen molar-refractivity contribution < 1.29 is 0 Å². The highest BCUT2D eigenvalue weighted by Crippen LogP contribution is 2.09. The molecule has 0 bridgehead atoms. The molecule has 0 rings (SSSR count). The van der Waals surface area contributed by atoms with Crippen LogP contribution in [0.3, 0.4) is 0 Å². The summed E-state index contributed by atoms with van der Waals surface area (Å²) in [7, 11) is 0. The zero-order valence-corrected chi connectivity index (χ0v) is 6.29. The average molecular weight is 155 g/mol. The summed E-state index contributed by atoms with van der Waals surface area (Å²) in [4.78, 5) is 0. The number of nitriles is 3. The number of hydrogen-bond donors (Lipinski definition) is 0. The van der Waals surface area contributed by atoms with Gasteiger partial charge in [0.25, 0.3) is 0 Å². The fourth-order valence-electron chi connectivity index (χ4n) is 0.510. The molecule has 0 aromatic rings. The van der Waals surface area contributed by atoms with Gasteiger partial charge in [-0.25, -0.2) is 0 Å². The summed E-state index contributed by atoms with van der Waals surface area (Å²) >= 11 is 0. The van der Waals surface area contributed by atoms with E-state index >= 15 is 0 Å². The Morgan fingerprint density at radius 1 is 1.08 bits per heavy atom. The molecule has 0 aromatic carbocycles. The molecule has 0 saturated heterocycles. The molecule has 0 spiro atoms. The lowest BCUT2D eigenvalue weighted by molar-refractivity contribution is 1.36. The third-order valence-electron chi connectivity index (χ3n) is 1.20. The van der Waals surface area contributed by atoms with Crippen LogP contribution in [0.4, 0.5) is 0 Å². The number of rotatable bonds is 1. The predicted octanol–water partition coefficient (Wildman–Crippen LogP) is 1.04. The van der Waals surface area contributed by atoms with Gasteiger partial charge < -0.3 is 5.41 Å². The van der Waals surface area contributed by atoms with Gasteiger partial charge in [-0.05, 0) is 6.92 Å². The van der Waals surface area contributed by atoms with Crippen molar-refractivity contribution in [3.63, 3.8) is 0 Å². The lowest BCUT2D eigenvalue weighted by Crippen LogP contribution is -1.87. The maximum Gasteiger partial charge on any atom is 0.134 e. The second-order valence-corrected chi connectivity index (χ2v) is 1.82. The molecule has 0 fully saturated rings. The van der Waals surface area contributed by atoms with Crippen molar-refractivity contribution in [3.05, 3.63) is 22.1 Å². The van der Waals surface area contributed by atoms with E-state index in [0.717, 1.165) is 0 Å².